The predicted octanol–water partition coefficient (Wildman–Crippen LogP) is -3.10. The molecule has 7 N–H and O–H groups in total. The van der Waals surface area contributed by atoms with Crippen molar-refractivity contribution in [2.45, 2.75) is 19.1 Å². The van der Waals surface area contributed by atoms with Crippen LogP contribution in [0.25, 0.3) is 0 Å². The lowest BCUT2D eigenvalue weighted by Gasteiger charge is -2.07. The number of aliphatic carboxylic acids is 2. The molecule has 0 rings (SSSR count). The van der Waals surface area contributed by atoms with Gasteiger partial charge in [0.15, 0.2) is 12.2 Å². The van der Waals surface area contributed by atoms with Crippen LogP contribution in [0.15, 0.2) is 0 Å². The number of carboxylic acid groups (broad SMARTS) is 2. The van der Waals surface area contributed by atoms with Crippen molar-refractivity contribution < 1.29 is 59.5 Å². The first-order chi connectivity index (χ1) is 12.3. The summed E-state index contributed by atoms with van der Waals surface area (Å²) in [4.78, 5) is 19.5. The third-order valence-electron chi connectivity index (χ3n) is 2.09. The molecular weight excluding hydrogens is 360 g/mol. The molecule has 0 amide bonds. The van der Waals surface area contributed by atoms with Gasteiger partial charge in [0, 0.05) is 6.61 Å². The Bertz CT molecular complexity index is 284. The summed E-state index contributed by atoms with van der Waals surface area (Å²) in [5, 5.41) is 57.0. The van der Waals surface area contributed by atoms with Crippen molar-refractivity contribution >= 4 is 11.9 Å². The maximum Gasteiger partial charge on any atom is 0.335 e. The normalized spacial score (nSPS) is 12.1. The van der Waals surface area contributed by atoms with E-state index >= 15 is 0 Å². The number of hydrogen-bond acceptors (Lipinski definition) is 10. The monoisotopic (exact) mass is 390 g/mol. The van der Waals surface area contributed by atoms with E-state index in [0.29, 0.717) is 33.0 Å². The van der Waals surface area contributed by atoms with E-state index in [9.17, 15) is 9.59 Å². The molecule has 0 aliphatic rings. The van der Waals surface area contributed by atoms with Crippen LogP contribution in [0.2, 0.25) is 0 Å². The largest absolute Gasteiger partial charge is 0.479 e. The van der Waals surface area contributed by atoms with Gasteiger partial charge in [0.25, 0.3) is 0 Å². The van der Waals surface area contributed by atoms with Gasteiger partial charge < -0.3 is 50.0 Å². The van der Waals surface area contributed by atoms with Crippen LogP contribution in [0.3, 0.4) is 0 Å². The molecule has 12 nitrogen and oxygen atoms in total. The smallest absolute Gasteiger partial charge is 0.335 e. The fraction of sp³-hybridized carbons (Fsp3) is 0.857. The van der Waals surface area contributed by atoms with Crippen molar-refractivity contribution in [2.24, 2.45) is 0 Å². The molecule has 0 heterocycles. The summed E-state index contributed by atoms with van der Waals surface area (Å²) in [6.45, 7) is 5.06. The molecule has 0 bridgehead atoms. The van der Waals surface area contributed by atoms with Crippen molar-refractivity contribution in [1.29, 1.82) is 0 Å². The van der Waals surface area contributed by atoms with Gasteiger partial charge in [-0.15, -0.1) is 0 Å². The minimum atomic E-state index is -2.27. The number of carbonyl (C=O) groups is 2. The van der Waals surface area contributed by atoms with E-state index in [0.717, 1.165) is 6.61 Å². The minimum Gasteiger partial charge on any atom is -0.479 e. The first-order valence-electron chi connectivity index (χ1n) is 7.67. The molecule has 0 spiro atoms. The van der Waals surface area contributed by atoms with E-state index in [1.54, 1.807) is 0 Å². The zero-order valence-corrected chi connectivity index (χ0v) is 14.7. The quantitative estimate of drug-likeness (QED) is 0.156. The number of aliphatic hydroxyl groups is 5. The molecule has 0 radical (unpaired) electrons. The Hall–Kier alpha value is -1.38. The highest BCUT2D eigenvalue weighted by atomic mass is 16.5. The molecular formula is C14H30O12. The molecule has 12 heteroatoms. The van der Waals surface area contributed by atoms with Crippen LogP contribution < -0.4 is 0 Å². The van der Waals surface area contributed by atoms with Crippen LogP contribution in [0.4, 0.5) is 0 Å². The van der Waals surface area contributed by atoms with Gasteiger partial charge in [0.05, 0.1) is 52.9 Å². The highest BCUT2D eigenvalue weighted by molar-refractivity contribution is 5.83. The molecule has 0 saturated heterocycles. The van der Waals surface area contributed by atoms with E-state index < -0.39 is 24.1 Å². The first-order valence-corrected chi connectivity index (χ1v) is 7.67. The van der Waals surface area contributed by atoms with Crippen LogP contribution in [-0.4, -0.2) is 119 Å². The van der Waals surface area contributed by atoms with E-state index in [4.69, 9.17) is 45.2 Å². The predicted molar refractivity (Wildman–Crippen MR) is 86.7 cm³/mol. The van der Waals surface area contributed by atoms with Crippen molar-refractivity contribution in [3.63, 3.8) is 0 Å². The fourth-order valence-electron chi connectivity index (χ4n) is 0.930. The molecule has 0 aliphatic heterocycles. The Morgan fingerprint density at radius 1 is 0.692 bits per heavy atom. The Morgan fingerprint density at radius 3 is 1.27 bits per heavy atom. The molecule has 0 saturated carbocycles. The van der Waals surface area contributed by atoms with Crippen molar-refractivity contribution in [2.75, 3.05) is 59.5 Å². The number of ether oxygens (including phenoxy) is 3. The lowest BCUT2D eigenvalue weighted by molar-refractivity contribution is -0.165. The summed E-state index contributed by atoms with van der Waals surface area (Å²) in [6, 6.07) is 0. The maximum absolute atomic E-state index is 9.77. The Morgan fingerprint density at radius 2 is 1.00 bits per heavy atom. The topological polar surface area (TPSA) is 203 Å². The summed E-state index contributed by atoms with van der Waals surface area (Å²) in [7, 11) is 0. The maximum atomic E-state index is 9.77. The summed E-state index contributed by atoms with van der Waals surface area (Å²) in [5.74, 6) is -3.54. The second-order valence-corrected chi connectivity index (χ2v) is 4.16. The van der Waals surface area contributed by atoms with E-state index in [-0.39, 0.29) is 19.8 Å². The molecule has 2 unspecified atom stereocenters. The molecule has 0 fully saturated rings. The van der Waals surface area contributed by atoms with Gasteiger partial charge in [-0.25, -0.2) is 9.59 Å². The number of hydrogen-bond donors (Lipinski definition) is 7. The van der Waals surface area contributed by atoms with Crippen molar-refractivity contribution in [3.8, 4) is 0 Å². The van der Waals surface area contributed by atoms with Crippen LogP contribution in [0, 0.1) is 0 Å². The fourth-order valence-corrected chi connectivity index (χ4v) is 0.930. The average molecular weight is 390 g/mol. The molecule has 158 valence electrons. The molecule has 26 heavy (non-hydrogen) atoms. The SMILES string of the molecule is CCOCCOCCO.O=C(O)C(O)C(O)C(=O)O.OCCOCCO. The lowest BCUT2D eigenvalue weighted by atomic mass is 10.2. The van der Waals surface area contributed by atoms with Gasteiger partial charge in [0.1, 0.15) is 0 Å². The van der Waals surface area contributed by atoms with Gasteiger partial charge in [-0.1, -0.05) is 0 Å². The Kier molecular flexibility index (Phi) is 26.7. The van der Waals surface area contributed by atoms with Crippen LogP contribution in [-0.2, 0) is 23.8 Å². The van der Waals surface area contributed by atoms with Gasteiger partial charge in [-0.2, -0.15) is 0 Å². The third-order valence-corrected chi connectivity index (χ3v) is 2.09. The molecule has 0 aromatic rings. The Balaban J connectivity index is -0.000000310. The van der Waals surface area contributed by atoms with Gasteiger partial charge in [-0.3, -0.25) is 0 Å². The van der Waals surface area contributed by atoms with Crippen molar-refractivity contribution in [3.05, 3.63) is 0 Å². The summed E-state index contributed by atoms with van der Waals surface area (Å²) in [6.07, 6.45) is -4.53. The van der Waals surface area contributed by atoms with Crippen LogP contribution >= 0.6 is 0 Å². The standard InChI is InChI=1S/C6H14O3.C4H6O6.C4H10O3/c1-2-8-5-6-9-4-3-7;5-1(3(7)8)2(6)4(9)10;5-1-3-7-4-2-6/h7H,2-6H2,1H3;1-2,5-6H,(H,7,8)(H,9,10);5-6H,1-4H2. The van der Waals surface area contributed by atoms with Crippen LogP contribution in [0.5, 0.6) is 0 Å². The van der Waals surface area contributed by atoms with E-state index in [1.807, 2.05) is 6.92 Å². The van der Waals surface area contributed by atoms with Crippen LogP contribution in [0.1, 0.15) is 6.92 Å². The number of rotatable bonds is 13. The second-order valence-electron chi connectivity index (χ2n) is 4.16. The van der Waals surface area contributed by atoms with Gasteiger partial charge in [-0.05, 0) is 6.92 Å². The Labute approximate surface area is 151 Å². The highest BCUT2D eigenvalue weighted by Crippen LogP contribution is 1.92. The zero-order chi connectivity index (χ0) is 20.8. The van der Waals surface area contributed by atoms with E-state index in [2.05, 4.69) is 4.74 Å². The molecule has 2 atom stereocenters. The third kappa shape index (κ3) is 24.9. The first kappa shape index (κ1) is 29.4. The number of aliphatic hydroxyl groups excluding tert-OH is 5. The van der Waals surface area contributed by atoms with Gasteiger partial charge >= 0.3 is 11.9 Å². The average Bonchev–Trinajstić information content (AvgIpc) is 2.61. The van der Waals surface area contributed by atoms with Gasteiger partial charge in [0.2, 0.25) is 0 Å². The van der Waals surface area contributed by atoms with Crippen molar-refractivity contribution in [1.82, 2.24) is 0 Å². The molecule has 0 aromatic heterocycles. The number of carboxylic acids is 2. The highest BCUT2D eigenvalue weighted by Gasteiger charge is 2.29. The van der Waals surface area contributed by atoms with E-state index in [1.165, 1.54) is 0 Å². The zero-order valence-electron chi connectivity index (χ0n) is 14.7. The lowest BCUT2D eigenvalue weighted by Crippen LogP contribution is -2.39. The summed E-state index contributed by atoms with van der Waals surface area (Å²) >= 11 is 0. The molecule has 0 aliphatic carbocycles. The molecule has 0 aromatic carbocycles. The summed E-state index contributed by atoms with van der Waals surface area (Å²) in [5.41, 5.74) is 0. The second kappa shape index (κ2) is 23.6. The minimum absolute atomic E-state index is 0.0278. The summed E-state index contributed by atoms with van der Waals surface area (Å²) < 4.78 is 14.5.